The Labute approximate surface area is 105 Å². The summed E-state index contributed by atoms with van der Waals surface area (Å²) in [6.45, 7) is 3.80. The molecule has 2 rings (SSSR count). The molecule has 0 aromatic heterocycles. The molecule has 1 heterocycles. The van der Waals surface area contributed by atoms with Crippen molar-refractivity contribution in [3.05, 3.63) is 29.8 Å². The molecule has 0 unspecified atom stereocenters. The molecule has 1 aliphatic heterocycles. The Balaban J connectivity index is 2.24. The van der Waals surface area contributed by atoms with Gasteiger partial charge in [-0.3, -0.25) is 0 Å². The summed E-state index contributed by atoms with van der Waals surface area (Å²) in [6.07, 6.45) is -0.390. The summed E-state index contributed by atoms with van der Waals surface area (Å²) >= 11 is 0. The van der Waals surface area contributed by atoms with Crippen LogP contribution in [-0.4, -0.2) is 35.7 Å². The largest absolute Gasteiger partial charge is 0.507 e. The number of phenolic OH excluding ortho intramolecular Hbond substituents is 1. The van der Waals surface area contributed by atoms with Gasteiger partial charge in [-0.1, -0.05) is 12.1 Å². The Morgan fingerprint density at radius 3 is 2.89 bits per heavy atom. The number of esters is 1. The smallest absolute Gasteiger partial charge is 0.334 e. The summed E-state index contributed by atoms with van der Waals surface area (Å²) in [6, 6.07) is 6.04. The molecule has 1 aromatic carbocycles. The van der Waals surface area contributed by atoms with Gasteiger partial charge in [-0.2, -0.15) is 0 Å². The molecular weight excluding hydrogens is 234 g/mol. The molecule has 0 fully saturated rings. The van der Waals surface area contributed by atoms with E-state index in [1.165, 1.54) is 0 Å². The first-order valence-electron chi connectivity index (χ1n) is 5.83. The first-order chi connectivity index (χ1) is 8.63. The lowest BCUT2D eigenvalue weighted by Gasteiger charge is -2.11. The number of aliphatic imine (C=N–C) groups is 1. The molecule has 5 heteroatoms. The highest BCUT2D eigenvalue weighted by molar-refractivity contribution is 6.00. The molecule has 0 aliphatic carbocycles. The summed E-state index contributed by atoms with van der Waals surface area (Å²) in [5.74, 6) is -0.0537. The summed E-state index contributed by atoms with van der Waals surface area (Å²) in [4.78, 5) is 15.8. The maximum absolute atomic E-state index is 11.6. The Hall–Kier alpha value is -2.04. The van der Waals surface area contributed by atoms with E-state index < -0.39 is 18.1 Å². The van der Waals surface area contributed by atoms with E-state index in [4.69, 9.17) is 9.47 Å². The number of carbonyl (C=O) groups excluding carboxylic acids is 1. The van der Waals surface area contributed by atoms with Gasteiger partial charge in [-0.25, -0.2) is 9.79 Å². The summed E-state index contributed by atoms with van der Waals surface area (Å²) in [7, 11) is 0. The van der Waals surface area contributed by atoms with Crippen LogP contribution in [0, 0.1) is 0 Å². The molecular formula is C13H15NO4. The predicted molar refractivity (Wildman–Crippen MR) is 65.6 cm³/mol. The zero-order valence-electron chi connectivity index (χ0n) is 10.3. The van der Waals surface area contributed by atoms with Crippen molar-refractivity contribution in [3.63, 3.8) is 0 Å². The van der Waals surface area contributed by atoms with Gasteiger partial charge in [-0.15, -0.1) is 0 Å². The molecule has 0 radical (unpaired) electrons. The van der Waals surface area contributed by atoms with Crippen molar-refractivity contribution in [3.8, 4) is 5.75 Å². The number of benzene rings is 1. The number of para-hydroxylation sites is 1. The minimum Gasteiger partial charge on any atom is -0.507 e. The Bertz CT molecular complexity index is 484. The van der Waals surface area contributed by atoms with Crippen LogP contribution in [0.15, 0.2) is 29.3 Å². The van der Waals surface area contributed by atoms with Gasteiger partial charge >= 0.3 is 5.97 Å². The number of rotatable bonds is 3. The number of ether oxygens (including phenoxy) is 2. The molecule has 0 bridgehead atoms. The van der Waals surface area contributed by atoms with E-state index in [9.17, 15) is 9.90 Å². The van der Waals surface area contributed by atoms with E-state index in [1.54, 1.807) is 38.1 Å². The van der Waals surface area contributed by atoms with Crippen molar-refractivity contribution in [2.24, 2.45) is 4.99 Å². The molecule has 0 saturated carbocycles. The highest BCUT2D eigenvalue weighted by Crippen LogP contribution is 2.24. The first kappa shape index (κ1) is 12.4. The van der Waals surface area contributed by atoms with Gasteiger partial charge in [0.1, 0.15) is 11.9 Å². The van der Waals surface area contributed by atoms with Crippen LogP contribution >= 0.6 is 0 Å². The van der Waals surface area contributed by atoms with Crippen LogP contribution in [0.3, 0.4) is 0 Å². The maximum atomic E-state index is 11.6. The van der Waals surface area contributed by atoms with E-state index in [0.717, 1.165) is 0 Å². The normalized spacial score (nSPS) is 22.2. The first-order valence-corrected chi connectivity index (χ1v) is 5.83. The standard InChI is InChI=1S/C13H15NO4/c1-3-17-13(16)11-8(2)18-12(14-11)9-6-4-5-7-10(9)15/h4-8,11,15H,3H2,1-2H3/t8-,11-/m1/s1. The summed E-state index contributed by atoms with van der Waals surface area (Å²) < 4.78 is 10.4. The number of phenols is 1. The zero-order valence-corrected chi connectivity index (χ0v) is 10.3. The lowest BCUT2D eigenvalue weighted by atomic mass is 10.2. The van der Waals surface area contributed by atoms with Crippen molar-refractivity contribution in [2.45, 2.75) is 26.0 Å². The number of carbonyl (C=O) groups is 1. The van der Waals surface area contributed by atoms with Gasteiger partial charge in [0.05, 0.1) is 12.2 Å². The molecule has 18 heavy (non-hydrogen) atoms. The van der Waals surface area contributed by atoms with Crippen LogP contribution in [0.1, 0.15) is 19.4 Å². The monoisotopic (exact) mass is 249 g/mol. The molecule has 0 spiro atoms. The van der Waals surface area contributed by atoms with Crippen LogP contribution in [0.4, 0.5) is 0 Å². The molecule has 2 atom stereocenters. The van der Waals surface area contributed by atoms with E-state index in [-0.39, 0.29) is 11.6 Å². The van der Waals surface area contributed by atoms with E-state index in [1.807, 2.05) is 0 Å². The zero-order chi connectivity index (χ0) is 13.1. The summed E-state index contributed by atoms with van der Waals surface area (Å²) in [5, 5.41) is 9.71. The maximum Gasteiger partial charge on any atom is 0.334 e. The molecule has 1 aromatic rings. The van der Waals surface area contributed by atoms with Gasteiger partial charge in [-0.05, 0) is 26.0 Å². The fourth-order valence-corrected chi connectivity index (χ4v) is 1.76. The molecule has 96 valence electrons. The van der Waals surface area contributed by atoms with Crippen molar-refractivity contribution in [1.82, 2.24) is 0 Å². The van der Waals surface area contributed by atoms with Crippen LogP contribution in [0.2, 0.25) is 0 Å². The Morgan fingerprint density at radius 1 is 1.50 bits per heavy atom. The second-order valence-electron chi connectivity index (χ2n) is 3.97. The van der Waals surface area contributed by atoms with E-state index in [2.05, 4.69) is 4.99 Å². The van der Waals surface area contributed by atoms with Crippen LogP contribution in [0.25, 0.3) is 0 Å². The number of nitrogens with zero attached hydrogens (tertiary/aromatic N) is 1. The SMILES string of the molecule is CCOC(=O)[C@@H]1N=C(c2ccccc2O)O[C@@H]1C. The quantitative estimate of drug-likeness (QED) is 0.824. The van der Waals surface area contributed by atoms with Gasteiger partial charge in [0.15, 0.2) is 6.04 Å². The molecule has 1 N–H and O–H groups in total. The van der Waals surface area contributed by atoms with Gasteiger partial charge in [0, 0.05) is 0 Å². The van der Waals surface area contributed by atoms with Gasteiger partial charge < -0.3 is 14.6 Å². The average molecular weight is 249 g/mol. The van der Waals surface area contributed by atoms with Gasteiger partial charge in [0.2, 0.25) is 5.90 Å². The van der Waals surface area contributed by atoms with Crippen molar-refractivity contribution >= 4 is 11.9 Å². The minimum absolute atomic E-state index is 0.0768. The highest BCUT2D eigenvalue weighted by atomic mass is 16.5. The number of hydrogen-bond acceptors (Lipinski definition) is 5. The highest BCUT2D eigenvalue weighted by Gasteiger charge is 2.35. The van der Waals surface area contributed by atoms with E-state index in [0.29, 0.717) is 12.2 Å². The second-order valence-corrected chi connectivity index (χ2v) is 3.97. The van der Waals surface area contributed by atoms with Crippen LogP contribution in [0.5, 0.6) is 5.75 Å². The Morgan fingerprint density at radius 2 is 2.22 bits per heavy atom. The minimum atomic E-state index is -0.667. The van der Waals surface area contributed by atoms with Crippen molar-refractivity contribution in [1.29, 1.82) is 0 Å². The molecule has 0 amide bonds. The number of hydrogen-bond donors (Lipinski definition) is 1. The second kappa shape index (κ2) is 5.08. The molecule has 0 saturated heterocycles. The predicted octanol–water partition coefficient (Wildman–Crippen LogP) is 1.49. The molecule has 1 aliphatic rings. The van der Waals surface area contributed by atoms with Gasteiger partial charge in [0.25, 0.3) is 0 Å². The average Bonchev–Trinajstić information content (AvgIpc) is 2.72. The van der Waals surface area contributed by atoms with Crippen LogP contribution in [-0.2, 0) is 14.3 Å². The van der Waals surface area contributed by atoms with Crippen molar-refractivity contribution < 1.29 is 19.4 Å². The Kier molecular flexibility index (Phi) is 3.50. The fourth-order valence-electron chi connectivity index (χ4n) is 1.76. The molecule has 5 nitrogen and oxygen atoms in total. The number of aromatic hydroxyl groups is 1. The summed E-state index contributed by atoms with van der Waals surface area (Å²) in [5.41, 5.74) is 0.483. The topological polar surface area (TPSA) is 68.1 Å². The lowest BCUT2D eigenvalue weighted by Crippen LogP contribution is -2.29. The third-order valence-electron chi connectivity index (χ3n) is 2.66. The lowest BCUT2D eigenvalue weighted by molar-refractivity contribution is -0.145. The van der Waals surface area contributed by atoms with Crippen LogP contribution < -0.4 is 0 Å². The van der Waals surface area contributed by atoms with E-state index >= 15 is 0 Å². The van der Waals surface area contributed by atoms with Crippen molar-refractivity contribution in [2.75, 3.05) is 6.61 Å². The third kappa shape index (κ3) is 2.30. The fraction of sp³-hybridized carbons (Fsp3) is 0.385. The third-order valence-corrected chi connectivity index (χ3v) is 2.66.